The third-order valence-corrected chi connectivity index (χ3v) is 4.42. The van der Waals surface area contributed by atoms with Gasteiger partial charge in [-0.15, -0.1) is 0 Å². The van der Waals surface area contributed by atoms with Crippen LogP contribution in [-0.2, 0) is 14.3 Å². The number of nitrogens with zero attached hydrogens (tertiary/aromatic N) is 1. The molecular weight excluding hydrogens is 280 g/mol. The summed E-state index contributed by atoms with van der Waals surface area (Å²) in [7, 11) is 0. The quantitative estimate of drug-likeness (QED) is 0.925. The van der Waals surface area contributed by atoms with Gasteiger partial charge >= 0.3 is 0 Å². The monoisotopic (exact) mass is 302 g/mol. The molecule has 118 valence electrons. The average molecular weight is 302 g/mol. The molecule has 0 bridgehead atoms. The minimum Gasteiger partial charge on any atom is -0.381 e. The molecule has 1 unspecified atom stereocenters. The molecule has 0 spiro atoms. The van der Waals surface area contributed by atoms with Crippen LogP contribution in [0.1, 0.15) is 25.7 Å². The molecule has 0 aliphatic carbocycles. The van der Waals surface area contributed by atoms with Crippen molar-refractivity contribution in [3.05, 3.63) is 30.3 Å². The van der Waals surface area contributed by atoms with Crippen LogP contribution in [0.2, 0.25) is 0 Å². The number of hydrogen-bond acceptors (Lipinski definition) is 3. The number of anilines is 1. The Bertz CT molecular complexity index is 526. The summed E-state index contributed by atoms with van der Waals surface area (Å²) in [5.74, 6) is -0.0249. The van der Waals surface area contributed by atoms with Crippen molar-refractivity contribution in [3.8, 4) is 0 Å². The summed E-state index contributed by atoms with van der Waals surface area (Å²) in [5.41, 5.74) is 0.900. The number of carbonyl (C=O) groups excluding carboxylic acids is 2. The van der Waals surface area contributed by atoms with Gasteiger partial charge in [-0.1, -0.05) is 18.2 Å². The lowest BCUT2D eigenvalue weighted by Gasteiger charge is -2.33. The van der Waals surface area contributed by atoms with Gasteiger partial charge in [-0.25, -0.2) is 0 Å². The first-order chi connectivity index (χ1) is 10.8. The van der Waals surface area contributed by atoms with Crippen LogP contribution in [0.3, 0.4) is 0 Å². The number of rotatable bonds is 3. The summed E-state index contributed by atoms with van der Waals surface area (Å²) in [6.07, 6.45) is 3.11. The highest BCUT2D eigenvalue weighted by Gasteiger charge is 2.32. The third kappa shape index (κ3) is 3.30. The lowest BCUT2D eigenvalue weighted by molar-refractivity contribution is -0.132. The summed E-state index contributed by atoms with van der Waals surface area (Å²) in [6, 6.07) is 9.24. The van der Waals surface area contributed by atoms with Gasteiger partial charge in [0.2, 0.25) is 11.8 Å². The predicted molar refractivity (Wildman–Crippen MR) is 83.5 cm³/mol. The Morgan fingerprint density at radius 3 is 2.59 bits per heavy atom. The zero-order valence-electron chi connectivity index (χ0n) is 12.7. The first-order valence-electron chi connectivity index (χ1n) is 8.00. The van der Waals surface area contributed by atoms with Gasteiger partial charge in [0.25, 0.3) is 0 Å². The van der Waals surface area contributed by atoms with Crippen molar-refractivity contribution < 1.29 is 14.3 Å². The number of benzene rings is 1. The zero-order chi connectivity index (χ0) is 15.4. The molecule has 2 amide bonds. The van der Waals surface area contributed by atoms with E-state index in [0.29, 0.717) is 19.8 Å². The summed E-state index contributed by atoms with van der Waals surface area (Å²) < 4.78 is 5.28. The summed E-state index contributed by atoms with van der Waals surface area (Å²) in [6.45, 7) is 1.98. The van der Waals surface area contributed by atoms with Gasteiger partial charge < -0.3 is 15.0 Å². The van der Waals surface area contributed by atoms with Gasteiger partial charge in [0, 0.05) is 31.4 Å². The number of hydrogen-bond donors (Lipinski definition) is 1. The van der Waals surface area contributed by atoms with Crippen molar-refractivity contribution in [2.75, 3.05) is 24.7 Å². The molecule has 2 heterocycles. The second-order valence-electron chi connectivity index (χ2n) is 5.92. The van der Waals surface area contributed by atoms with E-state index >= 15 is 0 Å². The second kappa shape index (κ2) is 6.92. The Balaban J connectivity index is 1.64. The molecule has 5 heteroatoms. The van der Waals surface area contributed by atoms with Gasteiger partial charge in [-0.3, -0.25) is 9.59 Å². The SMILES string of the molecule is O=C(NC1CCCN(c2ccccc2)C1=O)C1CCOCC1. The van der Waals surface area contributed by atoms with Crippen molar-refractivity contribution >= 4 is 17.5 Å². The molecule has 0 aromatic heterocycles. The number of nitrogens with one attached hydrogen (secondary N) is 1. The maximum absolute atomic E-state index is 12.6. The van der Waals surface area contributed by atoms with Crippen LogP contribution in [0.4, 0.5) is 5.69 Å². The standard InChI is InChI=1S/C17H22N2O3/c20-16(13-8-11-22-12-9-13)18-15-7-4-10-19(17(15)21)14-5-2-1-3-6-14/h1-3,5-6,13,15H,4,7-12H2,(H,18,20). The van der Waals surface area contributed by atoms with Crippen LogP contribution in [-0.4, -0.2) is 37.6 Å². The predicted octanol–water partition coefficient (Wildman–Crippen LogP) is 1.72. The van der Waals surface area contributed by atoms with Crippen LogP contribution in [0.15, 0.2) is 30.3 Å². The Hall–Kier alpha value is -1.88. The van der Waals surface area contributed by atoms with Gasteiger partial charge in [-0.05, 0) is 37.8 Å². The number of carbonyl (C=O) groups is 2. The van der Waals surface area contributed by atoms with Crippen molar-refractivity contribution in [1.29, 1.82) is 0 Å². The van der Waals surface area contributed by atoms with E-state index in [1.807, 2.05) is 30.3 Å². The number of amides is 2. The molecule has 22 heavy (non-hydrogen) atoms. The van der Waals surface area contributed by atoms with Crippen molar-refractivity contribution in [2.45, 2.75) is 31.7 Å². The normalized spacial score (nSPS) is 23.4. The molecule has 1 aromatic rings. The Kier molecular flexibility index (Phi) is 4.73. The van der Waals surface area contributed by atoms with Gasteiger partial charge in [0.15, 0.2) is 0 Å². The van der Waals surface area contributed by atoms with Crippen molar-refractivity contribution in [2.24, 2.45) is 5.92 Å². The smallest absolute Gasteiger partial charge is 0.249 e. The van der Waals surface area contributed by atoms with E-state index in [4.69, 9.17) is 4.74 Å². The van der Waals surface area contributed by atoms with Gasteiger partial charge in [0.05, 0.1) is 0 Å². The third-order valence-electron chi connectivity index (χ3n) is 4.42. The lowest BCUT2D eigenvalue weighted by Crippen LogP contribution is -2.53. The first-order valence-corrected chi connectivity index (χ1v) is 8.00. The molecule has 2 fully saturated rings. The Morgan fingerprint density at radius 1 is 1.14 bits per heavy atom. The van der Waals surface area contributed by atoms with E-state index in [1.165, 1.54) is 0 Å². The van der Waals surface area contributed by atoms with Crippen LogP contribution in [0, 0.1) is 5.92 Å². The molecule has 2 aliphatic rings. The molecule has 2 saturated heterocycles. The molecule has 0 saturated carbocycles. The minimum atomic E-state index is -0.399. The summed E-state index contributed by atoms with van der Waals surface area (Å²) in [5, 5.41) is 2.95. The molecule has 1 aromatic carbocycles. The lowest BCUT2D eigenvalue weighted by atomic mass is 9.97. The summed E-state index contributed by atoms with van der Waals surface area (Å²) in [4.78, 5) is 26.7. The minimum absolute atomic E-state index is 0.00198. The molecule has 2 aliphatic heterocycles. The second-order valence-corrected chi connectivity index (χ2v) is 5.92. The maximum atomic E-state index is 12.6. The van der Waals surface area contributed by atoms with Crippen LogP contribution in [0.5, 0.6) is 0 Å². The van der Waals surface area contributed by atoms with E-state index in [2.05, 4.69) is 5.32 Å². The highest BCUT2D eigenvalue weighted by atomic mass is 16.5. The van der Waals surface area contributed by atoms with E-state index < -0.39 is 6.04 Å². The molecule has 3 rings (SSSR count). The molecule has 5 nitrogen and oxygen atoms in total. The Morgan fingerprint density at radius 2 is 1.86 bits per heavy atom. The number of piperidine rings is 1. The van der Waals surface area contributed by atoms with Crippen molar-refractivity contribution in [1.82, 2.24) is 5.32 Å². The fourth-order valence-electron chi connectivity index (χ4n) is 3.12. The summed E-state index contributed by atoms with van der Waals surface area (Å²) >= 11 is 0. The zero-order valence-corrected chi connectivity index (χ0v) is 12.7. The van der Waals surface area contributed by atoms with E-state index in [1.54, 1.807) is 4.90 Å². The van der Waals surface area contributed by atoms with E-state index in [0.717, 1.165) is 31.4 Å². The van der Waals surface area contributed by atoms with Crippen LogP contribution >= 0.6 is 0 Å². The maximum Gasteiger partial charge on any atom is 0.249 e. The Labute approximate surface area is 130 Å². The van der Waals surface area contributed by atoms with Crippen LogP contribution in [0.25, 0.3) is 0 Å². The largest absolute Gasteiger partial charge is 0.381 e. The number of ether oxygens (including phenoxy) is 1. The highest BCUT2D eigenvalue weighted by Crippen LogP contribution is 2.22. The first kappa shape index (κ1) is 15.0. The molecule has 1 N–H and O–H groups in total. The van der Waals surface area contributed by atoms with E-state index in [9.17, 15) is 9.59 Å². The molecule has 1 atom stereocenters. The topological polar surface area (TPSA) is 58.6 Å². The van der Waals surface area contributed by atoms with Gasteiger partial charge in [0.1, 0.15) is 6.04 Å². The molecule has 0 radical (unpaired) electrons. The van der Waals surface area contributed by atoms with Crippen molar-refractivity contribution in [3.63, 3.8) is 0 Å². The van der Waals surface area contributed by atoms with Crippen LogP contribution < -0.4 is 10.2 Å². The number of para-hydroxylation sites is 1. The fraction of sp³-hybridized carbons (Fsp3) is 0.529. The molecular formula is C17H22N2O3. The highest BCUT2D eigenvalue weighted by molar-refractivity contribution is 6.00. The van der Waals surface area contributed by atoms with Gasteiger partial charge in [-0.2, -0.15) is 0 Å². The van der Waals surface area contributed by atoms with E-state index in [-0.39, 0.29) is 17.7 Å². The fourth-order valence-corrected chi connectivity index (χ4v) is 3.12. The average Bonchev–Trinajstić information content (AvgIpc) is 2.58.